The zero-order valence-electron chi connectivity index (χ0n) is 10.6. The average molecular weight is 297 g/mol. The Morgan fingerprint density at radius 3 is 2.71 bits per heavy atom. The minimum absolute atomic E-state index is 0.159. The summed E-state index contributed by atoms with van der Waals surface area (Å²) in [7, 11) is 0. The minimum Gasteiger partial charge on any atom is -0.480 e. The molecule has 0 aromatic carbocycles. The Hall–Kier alpha value is -2.75. The van der Waals surface area contributed by atoms with Crippen LogP contribution >= 0.6 is 0 Å². The molecule has 2 atom stereocenters. The van der Waals surface area contributed by atoms with Gasteiger partial charge in [-0.2, -0.15) is 0 Å². The van der Waals surface area contributed by atoms with Gasteiger partial charge in [0, 0.05) is 19.0 Å². The number of aromatic amines is 1. The number of β-amino-alcohol motifs (C(OH)–C–C–N with tert-alkyl or cyclic N) is 1. The smallest absolute Gasteiger partial charge is 0.326 e. The van der Waals surface area contributed by atoms with Crippen molar-refractivity contribution >= 4 is 17.6 Å². The molecule has 1 fully saturated rings. The summed E-state index contributed by atoms with van der Waals surface area (Å²) in [5.41, 5.74) is -1.90. The second-order valence-electron chi connectivity index (χ2n) is 4.56. The van der Waals surface area contributed by atoms with Gasteiger partial charge in [-0.25, -0.2) is 4.79 Å². The standard InChI is InChI=1S/C11H11N3O7/c15-6-2-8(11(18)19)13(4-6)10(17)7-1-5(14(20)21)3-12-9(7)16/h1,3,6,8,15H,2,4H2,(H,12,16)(H,18,19)/t6-,8-/m1/s1. The highest BCUT2D eigenvalue weighted by molar-refractivity contribution is 5.97. The van der Waals surface area contributed by atoms with Crippen LogP contribution in [0.4, 0.5) is 5.69 Å². The highest BCUT2D eigenvalue weighted by atomic mass is 16.6. The van der Waals surface area contributed by atoms with Crippen molar-refractivity contribution in [1.29, 1.82) is 0 Å². The normalized spacial score (nSPS) is 21.3. The summed E-state index contributed by atoms with van der Waals surface area (Å²) in [6.07, 6.45) is -0.339. The maximum Gasteiger partial charge on any atom is 0.326 e. The van der Waals surface area contributed by atoms with Crippen LogP contribution in [-0.4, -0.2) is 55.6 Å². The molecule has 21 heavy (non-hydrogen) atoms. The quantitative estimate of drug-likeness (QED) is 0.474. The molecule has 2 rings (SSSR count). The number of carbonyl (C=O) groups excluding carboxylic acids is 1. The number of hydrogen-bond donors (Lipinski definition) is 3. The van der Waals surface area contributed by atoms with E-state index in [2.05, 4.69) is 4.98 Å². The number of H-pyrrole nitrogens is 1. The van der Waals surface area contributed by atoms with Crippen LogP contribution in [0.3, 0.4) is 0 Å². The van der Waals surface area contributed by atoms with Crippen LogP contribution in [0, 0.1) is 10.1 Å². The summed E-state index contributed by atoms with van der Waals surface area (Å²) in [5.74, 6) is -2.29. The molecule has 1 aliphatic heterocycles. The molecule has 1 aliphatic rings. The van der Waals surface area contributed by atoms with Crippen LogP contribution in [0.15, 0.2) is 17.1 Å². The summed E-state index contributed by atoms with van der Waals surface area (Å²) >= 11 is 0. The Kier molecular flexibility index (Phi) is 3.72. The molecule has 3 N–H and O–H groups in total. The number of nitrogens with zero attached hydrogens (tertiary/aromatic N) is 2. The van der Waals surface area contributed by atoms with E-state index >= 15 is 0 Å². The van der Waals surface area contributed by atoms with Gasteiger partial charge in [-0.1, -0.05) is 0 Å². The number of aliphatic carboxylic acids is 1. The Morgan fingerprint density at radius 1 is 1.48 bits per heavy atom. The fourth-order valence-corrected chi connectivity index (χ4v) is 2.16. The van der Waals surface area contributed by atoms with Crippen molar-refractivity contribution < 1.29 is 24.7 Å². The predicted octanol–water partition coefficient (Wildman–Crippen LogP) is -1.06. The number of likely N-dealkylation sites (tertiary alicyclic amines) is 1. The van der Waals surface area contributed by atoms with Gasteiger partial charge in [-0.3, -0.25) is 19.7 Å². The molecular formula is C11H11N3O7. The SMILES string of the molecule is O=C(O)[C@H]1C[C@@H](O)CN1C(=O)c1cc([N+](=O)[O-])c[nH]c1=O. The first kappa shape index (κ1) is 14.7. The lowest BCUT2D eigenvalue weighted by Gasteiger charge is -2.20. The molecule has 1 aromatic heterocycles. The van der Waals surface area contributed by atoms with Gasteiger partial charge < -0.3 is 20.1 Å². The van der Waals surface area contributed by atoms with Gasteiger partial charge in [-0.15, -0.1) is 0 Å². The molecule has 0 spiro atoms. The number of nitro groups is 1. The average Bonchev–Trinajstić information content (AvgIpc) is 2.80. The molecule has 0 aliphatic carbocycles. The lowest BCUT2D eigenvalue weighted by Crippen LogP contribution is -2.42. The predicted molar refractivity (Wildman–Crippen MR) is 66.8 cm³/mol. The number of pyridine rings is 1. The van der Waals surface area contributed by atoms with E-state index in [0.717, 1.165) is 17.2 Å². The van der Waals surface area contributed by atoms with Crippen molar-refractivity contribution in [2.75, 3.05) is 6.54 Å². The van der Waals surface area contributed by atoms with E-state index < -0.39 is 45.8 Å². The molecule has 1 amide bonds. The fraction of sp³-hybridized carbons (Fsp3) is 0.364. The second kappa shape index (κ2) is 5.32. The number of aliphatic hydroxyl groups excluding tert-OH is 1. The van der Waals surface area contributed by atoms with Gasteiger partial charge in [0.25, 0.3) is 17.2 Å². The van der Waals surface area contributed by atoms with Crippen LogP contribution < -0.4 is 5.56 Å². The number of aromatic nitrogens is 1. The van der Waals surface area contributed by atoms with Gasteiger partial charge in [-0.05, 0) is 0 Å². The molecule has 10 nitrogen and oxygen atoms in total. The first-order valence-electron chi connectivity index (χ1n) is 5.90. The fourth-order valence-electron chi connectivity index (χ4n) is 2.16. The molecular weight excluding hydrogens is 286 g/mol. The Labute approximate surface area is 116 Å². The zero-order valence-corrected chi connectivity index (χ0v) is 10.6. The molecule has 1 aromatic rings. The van der Waals surface area contributed by atoms with E-state index in [-0.39, 0.29) is 13.0 Å². The molecule has 0 unspecified atom stereocenters. The number of nitrogens with one attached hydrogen (secondary N) is 1. The summed E-state index contributed by atoms with van der Waals surface area (Å²) in [4.78, 5) is 47.6. The Morgan fingerprint density at radius 2 is 2.14 bits per heavy atom. The number of carboxylic acid groups (broad SMARTS) is 1. The number of hydrogen-bond acceptors (Lipinski definition) is 6. The third kappa shape index (κ3) is 2.74. The van der Waals surface area contributed by atoms with Crippen LogP contribution in [-0.2, 0) is 4.79 Å². The van der Waals surface area contributed by atoms with Crippen molar-refractivity contribution in [3.63, 3.8) is 0 Å². The van der Waals surface area contributed by atoms with Crippen LogP contribution in [0.1, 0.15) is 16.8 Å². The van der Waals surface area contributed by atoms with E-state index in [1.54, 1.807) is 0 Å². The maximum atomic E-state index is 12.2. The summed E-state index contributed by atoms with van der Waals surface area (Å²) in [6.45, 7) is -0.252. The highest BCUT2D eigenvalue weighted by Crippen LogP contribution is 2.21. The van der Waals surface area contributed by atoms with Crippen LogP contribution in [0.5, 0.6) is 0 Å². The van der Waals surface area contributed by atoms with Gasteiger partial charge in [0.15, 0.2) is 0 Å². The van der Waals surface area contributed by atoms with Gasteiger partial charge in [0.2, 0.25) is 0 Å². The van der Waals surface area contributed by atoms with E-state index in [4.69, 9.17) is 5.11 Å². The van der Waals surface area contributed by atoms with Crippen LogP contribution in [0.25, 0.3) is 0 Å². The molecule has 0 bridgehead atoms. The number of carboxylic acids is 1. The molecule has 2 heterocycles. The first-order valence-corrected chi connectivity index (χ1v) is 5.90. The number of aliphatic hydroxyl groups is 1. The van der Waals surface area contributed by atoms with Crippen molar-refractivity contribution in [3.8, 4) is 0 Å². The lowest BCUT2D eigenvalue weighted by atomic mass is 10.2. The van der Waals surface area contributed by atoms with E-state index in [1.165, 1.54) is 0 Å². The molecule has 112 valence electrons. The number of carbonyl (C=O) groups is 2. The summed E-state index contributed by atoms with van der Waals surface area (Å²) in [5, 5.41) is 29.1. The largest absolute Gasteiger partial charge is 0.480 e. The van der Waals surface area contributed by atoms with Crippen molar-refractivity contribution in [2.45, 2.75) is 18.6 Å². The number of amides is 1. The molecule has 0 saturated carbocycles. The van der Waals surface area contributed by atoms with E-state index in [9.17, 15) is 29.6 Å². The Bertz CT molecular complexity index is 668. The number of rotatable bonds is 3. The van der Waals surface area contributed by atoms with Crippen molar-refractivity contribution in [3.05, 3.63) is 38.3 Å². The zero-order chi connectivity index (χ0) is 15.7. The Balaban J connectivity index is 2.40. The third-order valence-electron chi connectivity index (χ3n) is 3.15. The van der Waals surface area contributed by atoms with Crippen molar-refractivity contribution in [2.24, 2.45) is 0 Å². The monoisotopic (exact) mass is 297 g/mol. The minimum atomic E-state index is -1.32. The van der Waals surface area contributed by atoms with Crippen molar-refractivity contribution in [1.82, 2.24) is 9.88 Å². The van der Waals surface area contributed by atoms with E-state index in [1.807, 2.05) is 0 Å². The van der Waals surface area contributed by atoms with Gasteiger partial charge >= 0.3 is 5.97 Å². The summed E-state index contributed by atoms with van der Waals surface area (Å²) < 4.78 is 0. The third-order valence-corrected chi connectivity index (χ3v) is 3.15. The lowest BCUT2D eigenvalue weighted by molar-refractivity contribution is -0.385. The van der Waals surface area contributed by atoms with Crippen LogP contribution in [0.2, 0.25) is 0 Å². The topological polar surface area (TPSA) is 154 Å². The van der Waals surface area contributed by atoms with Gasteiger partial charge in [0.05, 0.1) is 17.2 Å². The highest BCUT2D eigenvalue weighted by Gasteiger charge is 2.40. The molecule has 1 saturated heterocycles. The maximum absolute atomic E-state index is 12.2. The summed E-state index contributed by atoms with van der Waals surface area (Å²) in [6, 6.07) is -0.490. The van der Waals surface area contributed by atoms with Gasteiger partial charge in [0.1, 0.15) is 11.6 Å². The first-order chi connectivity index (χ1) is 9.81. The van der Waals surface area contributed by atoms with E-state index in [0.29, 0.717) is 0 Å². The second-order valence-corrected chi connectivity index (χ2v) is 4.56. The molecule has 0 radical (unpaired) electrons. The molecule has 10 heteroatoms.